The Bertz CT molecular complexity index is 1280. The molecule has 2 aromatic rings. The highest BCUT2D eigenvalue weighted by molar-refractivity contribution is 8.00. The molecule has 1 fully saturated rings. The van der Waals surface area contributed by atoms with Crippen LogP contribution < -0.4 is 20.7 Å². The highest BCUT2D eigenvalue weighted by atomic mass is 32.2. The highest BCUT2D eigenvalue weighted by Gasteiger charge is 2.53. The molecule has 0 radical (unpaired) electrons. The van der Waals surface area contributed by atoms with Gasteiger partial charge >= 0.3 is 0 Å². The summed E-state index contributed by atoms with van der Waals surface area (Å²) < 4.78 is 5.66. The smallest absolute Gasteiger partial charge is 0.278 e. The van der Waals surface area contributed by atoms with Crippen molar-refractivity contribution in [3.8, 4) is 6.07 Å². The molecule has 0 bridgehead atoms. The van der Waals surface area contributed by atoms with E-state index in [9.17, 15) is 19.5 Å². The van der Waals surface area contributed by atoms with Crippen LogP contribution in [0.1, 0.15) is 18.3 Å². The number of nitrogen functional groups attached to an aromatic ring is 1. The van der Waals surface area contributed by atoms with E-state index in [1.54, 1.807) is 36.0 Å². The summed E-state index contributed by atoms with van der Waals surface area (Å²) in [4.78, 5) is 47.8. The lowest BCUT2D eigenvalue weighted by Crippen LogP contribution is -2.71. The van der Waals surface area contributed by atoms with E-state index in [4.69, 9.17) is 15.8 Å². The Morgan fingerprint density at radius 1 is 1.46 bits per heavy atom. The van der Waals surface area contributed by atoms with Crippen LogP contribution in [0.15, 0.2) is 41.0 Å². The first-order chi connectivity index (χ1) is 16.8. The summed E-state index contributed by atoms with van der Waals surface area (Å²) in [6.07, 6.45) is 3.29. The van der Waals surface area contributed by atoms with Crippen LogP contribution >= 0.6 is 23.3 Å². The lowest BCUT2D eigenvalue weighted by Gasteiger charge is -2.50. The minimum atomic E-state index is -1.49. The molecule has 2 aliphatic rings. The Hall–Kier alpha value is -4.03. The van der Waals surface area contributed by atoms with Gasteiger partial charge in [0, 0.05) is 35.0 Å². The number of oxime groups is 1. The minimum absolute atomic E-state index is 0.0459. The van der Waals surface area contributed by atoms with Crippen LogP contribution in [0.2, 0.25) is 0 Å². The fraction of sp³-hybridized carbons (Fsp3) is 0.300. The Morgan fingerprint density at radius 2 is 2.20 bits per heavy atom. The number of β-lactam (4-membered cyclic amide) rings is 1. The molecule has 4 rings (SSSR count). The molecule has 2 atom stereocenters. The second-order valence-electron chi connectivity index (χ2n) is 7.29. The van der Waals surface area contributed by atoms with Crippen molar-refractivity contribution in [3.63, 3.8) is 0 Å². The maximum absolute atomic E-state index is 12.9. The van der Waals surface area contributed by atoms with Gasteiger partial charge in [-0.15, -0.1) is 11.8 Å². The van der Waals surface area contributed by atoms with E-state index in [1.807, 2.05) is 6.07 Å². The molecule has 4 heterocycles. The number of hydrogen-bond donors (Lipinski definition) is 2. The van der Waals surface area contributed by atoms with Crippen molar-refractivity contribution in [3.05, 3.63) is 47.2 Å². The van der Waals surface area contributed by atoms with Crippen molar-refractivity contribution in [2.24, 2.45) is 5.16 Å². The maximum atomic E-state index is 12.9. The summed E-state index contributed by atoms with van der Waals surface area (Å²) in [6, 6.07) is 4.22. The fourth-order valence-corrected chi connectivity index (χ4v) is 5.27. The molecule has 0 aromatic carbocycles. The number of aliphatic carboxylic acids is 1. The van der Waals surface area contributed by atoms with Crippen LogP contribution in [0.5, 0.6) is 0 Å². The number of anilines is 1. The van der Waals surface area contributed by atoms with Crippen LogP contribution in [-0.4, -0.2) is 61.5 Å². The third-order valence-electron chi connectivity index (χ3n) is 5.07. The van der Waals surface area contributed by atoms with Crippen molar-refractivity contribution in [1.29, 1.82) is 5.26 Å². The van der Waals surface area contributed by atoms with Gasteiger partial charge in [-0.3, -0.25) is 14.5 Å². The summed E-state index contributed by atoms with van der Waals surface area (Å²) >= 11 is 2.18. The molecule has 35 heavy (non-hydrogen) atoms. The first-order valence-electron chi connectivity index (χ1n) is 10.2. The molecule has 3 N–H and O–H groups in total. The molecule has 2 aromatic heterocycles. The van der Waals surface area contributed by atoms with Crippen molar-refractivity contribution in [2.45, 2.75) is 24.9 Å². The number of amides is 2. The second-order valence-corrected chi connectivity index (χ2v) is 9.17. The van der Waals surface area contributed by atoms with E-state index in [0.717, 1.165) is 16.4 Å². The number of aromatic nitrogens is 3. The van der Waals surface area contributed by atoms with Gasteiger partial charge in [-0.1, -0.05) is 5.16 Å². The Morgan fingerprint density at radius 3 is 2.80 bits per heavy atom. The van der Waals surface area contributed by atoms with Gasteiger partial charge in [-0.2, -0.15) is 14.6 Å². The number of carboxylic acid groups (broad SMARTS) is 1. The van der Waals surface area contributed by atoms with E-state index in [-0.39, 0.29) is 35.5 Å². The van der Waals surface area contributed by atoms with E-state index in [1.165, 1.54) is 11.8 Å². The molecule has 180 valence electrons. The summed E-state index contributed by atoms with van der Waals surface area (Å²) in [7, 11) is 0. The predicted molar refractivity (Wildman–Crippen MR) is 121 cm³/mol. The topological polar surface area (TPSA) is 191 Å². The standard InChI is InChI=1S/C20H18N8O5S2/c1-2-33-25-12(15-24-20(22)35-26-15)16(29)23-13-17(30)28-14(19(31)32)11(9-34-18(13)28)8-27-5-3-10(7-21)4-6-27/h3-6,13,18H,2,8-9H2,1H3,(H3-,22,23,24,26,29,31,32)/t13?,18-/m0/s1. The number of rotatable bonds is 8. The first-order valence-corrected chi connectivity index (χ1v) is 12.0. The van der Waals surface area contributed by atoms with E-state index < -0.39 is 29.2 Å². The molecule has 15 heteroatoms. The molecule has 0 aliphatic carbocycles. The monoisotopic (exact) mass is 514 g/mol. The zero-order valence-corrected chi connectivity index (χ0v) is 19.8. The van der Waals surface area contributed by atoms with Gasteiger partial charge in [-0.25, -0.2) is 4.57 Å². The van der Waals surface area contributed by atoms with Gasteiger partial charge in [0.25, 0.3) is 11.8 Å². The van der Waals surface area contributed by atoms with Gasteiger partial charge in [0.05, 0.1) is 23.3 Å². The number of nitrogens with zero attached hydrogens (tertiary/aromatic N) is 6. The predicted octanol–water partition coefficient (Wildman–Crippen LogP) is -1.88. The second kappa shape index (κ2) is 10.1. The zero-order valence-electron chi connectivity index (χ0n) is 18.2. The zero-order chi connectivity index (χ0) is 25.1. The summed E-state index contributed by atoms with van der Waals surface area (Å²) in [6.45, 7) is 2.05. The average molecular weight is 515 g/mol. The van der Waals surface area contributed by atoms with Gasteiger partial charge < -0.3 is 25.8 Å². The third kappa shape index (κ3) is 4.79. The number of nitrogens with one attached hydrogen (secondary N) is 1. The van der Waals surface area contributed by atoms with Crippen LogP contribution in [0.3, 0.4) is 0 Å². The summed E-state index contributed by atoms with van der Waals surface area (Å²) in [5.74, 6) is -2.60. The molecule has 2 aliphatic heterocycles. The van der Waals surface area contributed by atoms with E-state index >= 15 is 0 Å². The Balaban J connectivity index is 1.53. The van der Waals surface area contributed by atoms with Gasteiger partial charge in [0.2, 0.25) is 11.5 Å². The van der Waals surface area contributed by atoms with E-state index in [0.29, 0.717) is 16.9 Å². The molecular formula is C20H18N8O5S2. The van der Waals surface area contributed by atoms with Crippen LogP contribution in [0.4, 0.5) is 5.13 Å². The van der Waals surface area contributed by atoms with Crippen molar-refractivity contribution in [2.75, 3.05) is 18.1 Å². The number of carbonyl (C=O) groups excluding carboxylic acids is 3. The normalized spacial score (nSPS) is 19.5. The molecule has 2 amide bonds. The fourth-order valence-electron chi connectivity index (χ4n) is 3.50. The van der Waals surface area contributed by atoms with Crippen molar-refractivity contribution >= 4 is 51.9 Å². The third-order valence-corrected chi connectivity index (χ3v) is 6.96. The quantitative estimate of drug-likeness (QED) is 0.174. The number of fused-ring (bicyclic) bond motifs is 1. The molecule has 0 saturated carbocycles. The van der Waals surface area contributed by atoms with Crippen LogP contribution in [0.25, 0.3) is 0 Å². The van der Waals surface area contributed by atoms with E-state index in [2.05, 4.69) is 19.8 Å². The summed E-state index contributed by atoms with van der Waals surface area (Å²) in [5, 5.41) is 26.7. The number of carboxylic acids is 1. The number of carbonyl (C=O) groups is 3. The molecule has 1 unspecified atom stereocenters. The van der Waals surface area contributed by atoms with Gasteiger partial charge in [0.15, 0.2) is 24.1 Å². The molecular weight excluding hydrogens is 496 g/mol. The van der Waals surface area contributed by atoms with Crippen molar-refractivity contribution < 1.29 is 28.9 Å². The maximum Gasteiger partial charge on any atom is 0.278 e. The molecule has 0 spiro atoms. The average Bonchev–Trinajstić information content (AvgIpc) is 3.28. The van der Waals surface area contributed by atoms with Gasteiger partial charge in [-0.05, 0) is 6.92 Å². The lowest BCUT2D eigenvalue weighted by molar-refractivity contribution is -0.689. The lowest BCUT2D eigenvalue weighted by atomic mass is 10.0. The number of pyridine rings is 1. The summed E-state index contributed by atoms with van der Waals surface area (Å²) in [5.41, 5.74) is 6.05. The number of nitrogens with two attached hydrogens (primary N) is 1. The molecule has 1 saturated heterocycles. The van der Waals surface area contributed by atoms with Gasteiger partial charge in [0.1, 0.15) is 18.0 Å². The van der Waals surface area contributed by atoms with Crippen molar-refractivity contribution in [1.82, 2.24) is 19.6 Å². The van der Waals surface area contributed by atoms with Crippen LogP contribution in [-0.2, 0) is 25.8 Å². The Kier molecular flexibility index (Phi) is 6.94. The van der Waals surface area contributed by atoms with Crippen LogP contribution in [0, 0.1) is 11.3 Å². The Labute approximate surface area is 207 Å². The first kappa shape index (κ1) is 24.1. The number of nitriles is 1. The molecule has 13 nitrogen and oxygen atoms in total. The highest BCUT2D eigenvalue weighted by Crippen LogP contribution is 2.40. The number of thioether (sulfide) groups is 1. The number of hydrogen-bond acceptors (Lipinski definition) is 12. The minimum Gasteiger partial charge on any atom is -0.543 e. The largest absolute Gasteiger partial charge is 0.543 e. The SMILES string of the molecule is CCON=C(C(=O)NC1C(=O)N2C(C(=O)[O-])=C(C[n+]3ccc(C#N)cc3)CS[C@@H]12)c1nsc(N)n1.